The van der Waals surface area contributed by atoms with Crippen molar-refractivity contribution >= 4 is 28.5 Å². The highest BCUT2D eigenvalue weighted by atomic mass is 32.2. The maximum Gasteiger partial charge on any atom is 0.327 e. The molecule has 198 valence electrons. The van der Waals surface area contributed by atoms with Crippen molar-refractivity contribution in [3.8, 4) is 22.6 Å². The molecule has 1 aliphatic heterocycles. The molecule has 0 spiro atoms. The standard InChI is InChI=1S/C28H20N2O4S.C3H4N2/c31-25-14-20(13-19-11-6-10-17-7-4-5-12-21(17)19)26(27-30(25)23(16-35-27)28(32)33)24-15-22(29-34-24)18-8-2-1-3-9-18;1-2-5-3-4-1/h1-12,14-15,23H,13,16H2,(H,32,33);1-3H,(H,4,5). The molecule has 0 radical (unpaired) electrons. The average Bonchev–Trinajstić information content (AvgIpc) is 3.77. The summed E-state index contributed by atoms with van der Waals surface area (Å²) in [6.45, 7) is 0. The van der Waals surface area contributed by atoms with E-state index in [1.54, 1.807) is 24.8 Å². The first-order chi connectivity index (χ1) is 19.6. The van der Waals surface area contributed by atoms with Crippen molar-refractivity contribution < 1.29 is 14.4 Å². The molecule has 4 heterocycles. The fourth-order valence-corrected chi connectivity index (χ4v) is 6.25. The number of nitrogens with one attached hydrogen (secondary N) is 1. The highest BCUT2D eigenvalue weighted by molar-refractivity contribution is 7.99. The second-order valence-corrected chi connectivity index (χ2v) is 10.2. The third kappa shape index (κ3) is 4.94. The second-order valence-electron chi connectivity index (χ2n) is 9.24. The number of aromatic nitrogens is 4. The number of aliphatic carboxylic acids is 1. The molecule has 1 unspecified atom stereocenters. The van der Waals surface area contributed by atoms with Crippen molar-refractivity contribution in [2.75, 3.05) is 5.75 Å². The Morgan fingerprint density at radius 2 is 1.82 bits per heavy atom. The molecule has 3 aromatic carbocycles. The van der Waals surface area contributed by atoms with Gasteiger partial charge >= 0.3 is 5.97 Å². The van der Waals surface area contributed by atoms with E-state index in [-0.39, 0.29) is 11.3 Å². The Bertz CT molecular complexity index is 1820. The lowest BCUT2D eigenvalue weighted by atomic mass is 9.95. The van der Waals surface area contributed by atoms with Crippen LogP contribution in [0.4, 0.5) is 0 Å². The van der Waals surface area contributed by atoms with Crippen molar-refractivity contribution in [3.05, 3.63) is 125 Å². The average molecular weight is 549 g/mol. The molecule has 9 heteroatoms. The molecule has 1 atom stereocenters. The highest BCUT2D eigenvalue weighted by Crippen LogP contribution is 2.42. The smallest absolute Gasteiger partial charge is 0.327 e. The van der Waals surface area contributed by atoms with E-state index < -0.39 is 12.0 Å². The van der Waals surface area contributed by atoms with Gasteiger partial charge < -0.3 is 14.6 Å². The van der Waals surface area contributed by atoms with Crippen LogP contribution in [0.5, 0.6) is 0 Å². The molecule has 0 saturated heterocycles. The SMILES string of the molecule is O=C(O)C1CSc2c(-c3cc(-c4ccccc4)no3)c(Cc3cccc4ccccc34)cc(=O)n21.c1c[nH]cn1. The lowest BCUT2D eigenvalue weighted by molar-refractivity contribution is -0.140. The quantitative estimate of drug-likeness (QED) is 0.269. The van der Waals surface area contributed by atoms with Gasteiger partial charge in [-0.3, -0.25) is 9.36 Å². The summed E-state index contributed by atoms with van der Waals surface area (Å²) in [5, 5.41) is 16.8. The van der Waals surface area contributed by atoms with Gasteiger partial charge in [0.1, 0.15) is 11.7 Å². The molecule has 3 aromatic heterocycles. The van der Waals surface area contributed by atoms with Gasteiger partial charge in [0.25, 0.3) is 5.56 Å². The van der Waals surface area contributed by atoms with Crippen LogP contribution in [0, 0.1) is 0 Å². The molecule has 0 bridgehead atoms. The predicted octanol–water partition coefficient (Wildman–Crippen LogP) is 6.06. The van der Waals surface area contributed by atoms with E-state index in [0.717, 1.165) is 33.0 Å². The van der Waals surface area contributed by atoms with Crippen LogP contribution in [-0.4, -0.2) is 36.5 Å². The van der Waals surface area contributed by atoms with Crippen molar-refractivity contribution in [2.45, 2.75) is 17.5 Å². The fraction of sp³-hybridized carbons (Fsp3) is 0.0968. The van der Waals surface area contributed by atoms with Gasteiger partial charge in [-0.15, -0.1) is 11.8 Å². The van der Waals surface area contributed by atoms with Crippen LogP contribution in [0.3, 0.4) is 0 Å². The largest absolute Gasteiger partial charge is 0.480 e. The van der Waals surface area contributed by atoms with Crippen LogP contribution in [0.15, 0.2) is 118 Å². The number of rotatable bonds is 5. The third-order valence-electron chi connectivity index (χ3n) is 6.76. The Balaban J connectivity index is 0.000000523. The summed E-state index contributed by atoms with van der Waals surface area (Å²) < 4.78 is 7.18. The van der Waals surface area contributed by atoms with Gasteiger partial charge in [-0.05, 0) is 28.3 Å². The number of aromatic amines is 1. The third-order valence-corrected chi connectivity index (χ3v) is 7.91. The van der Waals surface area contributed by atoms with Crippen LogP contribution >= 0.6 is 11.8 Å². The Morgan fingerprint density at radius 1 is 1.02 bits per heavy atom. The number of thioether (sulfide) groups is 1. The second kappa shape index (κ2) is 11.1. The number of benzene rings is 3. The van der Waals surface area contributed by atoms with E-state index in [1.807, 2.05) is 54.6 Å². The van der Waals surface area contributed by atoms with Gasteiger partial charge in [-0.2, -0.15) is 0 Å². The van der Waals surface area contributed by atoms with E-state index in [4.69, 9.17) is 4.52 Å². The molecule has 0 amide bonds. The summed E-state index contributed by atoms with van der Waals surface area (Å²) in [5.74, 6) is -0.218. The minimum atomic E-state index is -1.02. The molecule has 0 fully saturated rings. The van der Waals surface area contributed by atoms with E-state index >= 15 is 0 Å². The monoisotopic (exact) mass is 548 g/mol. The van der Waals surface area contributed by atoms with E-state index in [1.165, 1.54) is 16.3 Å². The van der Waals surface area contributed by atoms with Gasteiger partial charge in [-0.1, -0.05) is 78.0 Å². The maximum atomic E-state index is 13.2. The summed E-state index contributed by atoms with van der Waals surface area (Å²) in [4.78, 5) is 31.4. The number of carboxylic acids is 1. The molecule has 40 heavy (non-hydrogen) atoms. The summed E-state index contributed by atoms with van der Waals surface area (Å²) in [7, 11) is 0. The molecular formula is C31H24N4O4S. The number of hydrogen-bond acceptors (Lipinski definition) is 6. The number of carboxylic acid groups (broad SMARTS) is 1. The fourth-order valence-electron chi connectivity index (χ4n) is 4.91. The number of imidazole rings is 1. The number of fused-ring (bicyclic) bond motifs is 2. The first-order valence-corrected chi connectivity index (χ1v) is 13.6. The molecule has 0 aliphatic carbocycles. The van der Waals surface area contributed by atoms with Crippen molar-refractivity contribution in [2.24, 2.45) is 0 Å². The van der Waals surface area contributed by atoms with Gasteiger partial charge in [0.05, 0.1) is 16.9 Å². The maximum absolute atomic E-state index is 13.2. The summed E-state index contributed by atoms with van der Waals surface area (Å²) in [5.41, 5.74) is 3.86. The van der Waals surface area contributed by atoms with Gasteiger partial charge in [0.15, 0.2) is 5.76 Å². The normalized spacial score (nSPS) is 13.9. The Labute approximate surface area is 233 Å². The molecule has 0 saturated carbocycles. The number of nitrogens with zero attached hydrogens (tertiary/aromatic N) is 3. The van der Waals surface area contributed by atoms with Gasteiger partial charge in [0.2, 0.25) is 0 Å². The minimum absolute atomic E-state index is 0.287. The molecule has 7 rings (SSSR count). The molecule has 2 N–H and O–H groups in total. The van der Waals surface area contributed by atoms with Gasteiger partial charge in [0, 0.05) is 35.8 Å². The van der Waals surface area contributed by atoms with Crippen LogP contribution in [0.1, 0.15) is 17.2 Å². The lowest BCUT2D eigenvalue weighted by Gasteiger charge is -2.15. The zero-order valence-electron chi connectivity index (χ0n) is 21.2. The minimum Gasteiger partial charge on any atom is -0.480 e. The van der Waals surface area contributed by atoms with E-state index in [9.17, 15) is 14.7 Å². The van der Waals surface area contributed by atoms with Crippen LogP contribution in [-0.2, 0) is 11.2 Å². The Morgan fingerprint density at radius 3 is 2.58 bits per heavy atom. The molecular weight excluding hydrogens is 524 g/mol. The van der Waals surface area contributed by atoms with Gasteiger partial charge in [-0.25, -0.2) is 9.78 Å². The number of carbonyl (C=O) groups is 1. The topological polar surface area (TPSA) is 114 Å². The first-order valence-electron chi connectivity index (χ1n) is 12.7. The van der Waals surface area contributed by atoms with E-state index in [0.29, 0.717) is 22.9 Å². The number of pyridine rings is 1. The number of H-pyrrole nitrogens is 1. The zero-order chi connectivity index (χ0) is 27.5. The van der Waals surface area contributed by atoms with E-state index in [2.05, 4.69) is 39.4 Å². The summed E-state index contributed by atoms with van der Waals surface area (Å²) in [6.07, 6.45) is 5.58. The predicted molar refractivity (Wildman–Crippen MR) is 154 cm³/mol. The highest BCUT2D eigenvalue weighted by Gasteiger charge is 2.34. The lowest BCUT2D eigenvalue weighted by Crippen LogP contribution is -2.29. The zero-order valence-corrected chi connectivity index (χ0v) is 22.0. The Kier molecular flexibility index (Phi) is 7.03. The van der Waals surface area contributed by atoms with Crippen LogP contribution < -0.4 is 5.56 Å². The van der Waals surface area contributed by atoms with Crippen molar-refractivity contribution in [3.63, 3.8) is 0 Å². The Hall–Kier alpha value is -4.89. The van der Waals surface area contributed by atoms with Crippen molar-refractivity contribution in [1.82, 2.24) is 19.7 Å². The molecule has 6 aromatic rings. The van der Waals surface area contributed by atoms with Crippen molar-refractivity contribution in [1.29, 1.82) is 0 Å². The summed E-state index contributed by atoms with van der Waals surface area (Å²) in [6, 6.07) is 26.5. The molecule has 1 aliphatic rings. The molecule has 8 nitrogen and oxygen atoms in total. The van der Waals surface area contributed by atoms with Crippen LogP contribution in [0.25, 0.3) is 33.4 Å². The van der Waals surface area contributed by atoms with Crippen LogP contribution in [0.2, 0.25) is 0 Å². The number of hydrogen-bond donors (Lipinski definition) is 2. The summed E-state index contributed by atoms with van der Waals surface area (Å²) >= 11 is 1.37. The first kappa shape index (κ1) is 25.4.